The maximum Gasteiger partial charge on any atom is 0.233 e. The van der Waals surface area contributed by atoms with Crippen molar-refractivity contribution in [3.05, 3.63) is 17.5 Å². The number of amides is 1. The minimum Gasteiger partial charge on any atom is -0.317 e. The molecule has 0 spiro atoms. The van der Waals surface area contributed by atoms with E-state index in [1.165, 1.54) is 0 Å². The summed E-state index contributed by atoms with van der Waals surface area (Å²) < 4.78 is 0. The third kappa shape index (κ3) is 3.33. The molecule has 110 valence electrons. The third-order valence-electron chi connectivity index (χ3n) is 3.98. The van der Waals surface area contributed by atoms with Crippen LogP contribution in [0.2, 0.25) is 0 Å². The molecular formula is C15H24N4O. The number of aryl methyl sites for hydroxylation is 2. The Morgan fingerprint density at radius 1 is 1.30 bits per heavy atom. The number of carbonyl (C=O) groups is 1. The van der Waals surface area contributed by atoms with Crippen LogP contribution < -0.4 is 10.6 Å². The van der Waals surface area contributed by atoms with E-state index in [2.05, 4.69) is 27.5 Å². The average molecular weight is 276 g/mol. The van der Waals surface area contributed by atoms with E-state index < -0.39 is 0 Å². The Kier molecular flexibility index (Phi) is 4.70. The molecule has 0 atom stereocenters. The summed E-state index contributed by atoms with van der Waals surface area (Å²) in [6, 6.07) is 1.90. The van der Waals surface area contributed by atoms with Crippen molar-refractivity contribution >= 4 is 11.9 Å². The minimum absolute atomic E-state index is 0.0749. The van der Waals surface area contributed by atoms with Gasteiger partial charge in [-0.1, -0.05) is 13.3 Å². The van der Waals surface area contributed by atoms with Gasteiger partial charge in [0.1, 0.15) is 0 Å². The van der Waals surface area contributed by atoms with Crippen LogP contribution in [0.4, 0.5) is 5.95 Å². The summed E-state index contributed by atoms with van der Waals surface area (Å²) in [5.74, 6) is 0.507. The second-order valence-corrected chi connectivity index (χ2v) is 5.71. The number of nitrogens with one attached hydrogen (secondary N) is 2. The molecule has 0 aromatic carbocycles. The highest BCUT2D eigenvalue weighted by atomic mass is 16.2. The lowest BCUT2D eigenvalue weighted by molar-refractivity contribution is -0.127. The molecule has 1 aromatic rings. The van der Waals surface area contributed by atoms with Crippen LogP contribution >= 0.6 is 0 Å². The highest BCUT2D eigenvalue weighted by Gasteiger charge is 2.38. The second kappa shape index (κ2) is 6.31. The van der Waals surface area contributed by atoms with Crippen molar-refractivity contribution in [2.45, 2.75) is 46.5 Å². The van der Waals surface area contributed by atoms with Crippen LogP contribution in [0.1, 0.15) is 44.0 Å². The van der Waals surface area contributed by atoms with Gasteiger partial charge >= 0.3 is 0 Å². The first-order valence-electron chi connectivity index (χ1n) is 7.40. The quantitative estimate of drug-likeness (QED) is 0.884. The zero-order valence-electron chi connectivity index (χ0n) is 12.6. The lowest BCUT2D eigenvalue weighted by atomic mass is 9.74. The predicted molar refractivity (Wildman–Crippen MR) is 79.6 cm³/mol. The molecule has 2 rings (SSSR count). The number of piperidine rings is 1. The summed E-state index contributed by atoms with van der Waals surface area (Å²) in [4.78, 5) is 21.3. The number of nitrogens with zero attached hydrogens (tertiary/aromatic N) is 2. The van der Waals surface area contributed by atoms with Crippen molar-refractivity contribution in [3.8, 4) is 0 Å². The fourth-order valence-electron chi connectivity index (χ4n) is 2.99. The van der Waals surface area contributed by atoms with E-state index in [9.17, 15) is 4.79 Å². The first-order valence-corrected chi connectivity index (χ1v) is 7.40. The first-order chi connectivity index (χ1) is 9.55. The fourth-order valence-corrected chi connectivity index (χ4v) is 2.99. The molecular weight excluding hydrogens is 252 g/mol. The van der Waals surface area contributed by atoms with Gasteiger partial charge in [0.25, 0.3) is 0 Å². The van der Waals surface area contributed by atoms with Crippen LogP contribution in [0.15, 0.2) is 6.07 Å². The number of hydrogen-bond donors (Lipinski definition) is 2. The van der Waals surface area contributed by atoms with Gasteiger partial charge in [0.05, 0.1) is 5.41 Å². The van der Waals surface area contributed by atoms with Gasteiger partial charge in [0.15, 0.2) is 0 Å². The van der Waals surface area contributed by atoms with Gasteiger partial charge in [-0.15, -0.1) is 0 Å². The van der Waals surface area contributed by atoms with Crippen LogP contribution in [0.25, 0.3) is 0 Å². The normalized spacial score (nSPS) is 17.8. The molecule has 1 fully saturated rings. The van der Waals surface area contributed by atoms with Crippen molar-refractivity contribution in [1.82, 2.24) is 15.3 Å². The molecule has 0 radical (unpaired) electrons. The molecule has 2 N–H and O–H groups in total. The van der Waals surface area contributed by atoms with Crippen LogP contribution in [0, 0.1) is 19.3 Å². The molecule has 1 saturated heterocycles. The highest BCUT2D eigenvalue weighted by molar-refractivity contribution is 5.94. The van der Waals surface area contributed by atoms with E-state index in [1.807, 2.05) is 19.9 Å². The van der Waals surface area contributed by atoms with Gasteiger partial charge in [0.2, 0.25) is 11.9 Å². The van der Waals surface area contributed by atoms with E-state index in [-0.39, 0.29) is 11.3 Å². The van der Waals surface area contributed by atoms with Crippen molar-refractivity contribution in [2.24, 2.45) is 5.41 Å². The Morgan fingerprint density at radius 3 is 2.45 bits per heavy atom. The number of hydrogen-bond acceptors (Lipinski definition) is 4. The van der Waals surface area contributed by atoms with Gasteiger partial charge in [-0.25, -0.2) is 9.97 Å². The predicted octanol–water partition coefficient (Wildman–Crippen LogP) is 2.20. The van der Waals surface area contributed by atoms with Gasteiger partial charge < -0.3 is 5.32 Å². The highest BCUT2D eigenvalue weighted by Crippen LogP contribution is 2.35. The topological polar surface area (TPSA) is 66.9 Å². The molecule has 0 aliphatic carbocycles. The Bertz CT molecular complexity index is 455. The fraction of sp³-hybridized carbons (Fsp3) is 0.667. The van der Waals surface area contributed by atoms with E-state index in [0.29, 0.717) is 5.95 Å². The lowest BCUT2D eigenvalue weighted by Crippen LogP contribution is -2.45. The summed E-state index contributed by atoms with van der Waals surface area (Å²) in [6.07, 6.45) is 3.71. The van der Waals surface area contributed by atoms with Crippen LogP contribution in [-0.2, 0) is 4.79 Å². The van der Waals surface area contributed by atoms with Gasteiger partial charge in [-0.05, 0) is 52.3 Å². The maximum absolute atomic E-state index is 12.7. The molecule has 5 heteroatoms. The summed E-state index contributed by atoms with van der Waals surface area (Å²) in [6.45, 7) is 7.76. The van der Waals surface area contributed by atoms with E-state index in [1.54, 1.807) is 0 Å². The van der Waals surface area contributed by atoms with Crippen molar-refractivity contribution in [1.29, 1.82) is 0 Å². The minimum atomic E-state index is -0.263. The Hall–Kier alpha value is -1.49. The summed E-state index contributed by atoms with van der Waals surface area (Å²) in [5.41, 5.74) is 1.49. The van der Waals surface area contributed by atoms with E-state index >= 15 is 0 Å². The third-order valence-corrected chi connectivity index (χ3v) is 3.98. The number of rotatable bonds is 4. The second-order valence-electron chi connectivity index (χ2n) is 5.71. The molecule has 1 aliphatic rings. The first kappa shape index (κ1) is 14.9. The Balaban J connectivity index is 2.15. The summed E-state index contributed by atoms with van der Waals surface area (Å²) in [5, 5.41) is 6.25. The molecule has 20 heavy (non-hydrogen) atoms. The number of carbonyl (C=O) groups excluding carboxylic acids is 1. The standard InChI is InChI=1S/C15H24N4O/c1-4-5-15(6-8-16-9-7-15)13(20)19-14-17-11(2)10-12(3)18-14/h10,16H,4-9H2,1-3H3,(H,17,18,19,20). The molecule has 0 unspecified atom stereocenters. The molecule has 2 heterocycles. The maximum atomic E-state index is 12.7. The van der Waals surface area contributed by atoms with Crippen LogP contribution in [0.3, 0.4) is 0 Å². The lowest BCUT2D eigenvalue weighted by Gasteiger charge is -2.35. The molecule has 0 bridgehead atoms. The number of anilines is 1. The molecule has 0 saturated carbocycles. The van der Waals surface area contributed by atoms with Gasteiger partial charge in [-0.3, -0.25) is 10.1 Å². The van der Waals surface area contributed by atoms with Crippen molar-refractivity contribution in [2.75, 3.05) is 18.4 Å². The molecule has 1 aliphatic heterocycles. The smallest absolute Gasteiger partial charge is 0.233 e. The van der Waals surface area contributed by atoms with Crippen LogP contribution in [0.5, 0.6) is 0 Å². The van der Waals surface area contributed by atoms with Crippen LogP contribution in [-0.4, -0.2) is 29.0 Å². The monoisotopic (exact) mass is 276 g/mol. The zero-order chi connectivity index (χ0) is 14.6. The Morgan fingerprint density at radius 2 is 1.90 bits per heavy atom. The van der Waals surface area contributed by atoms with Gasteiger partial charge in [0, 0.05) is 11.4 Å². The van der Waals surface area contributed by atoms with E-state index in [0.717, 1.165) is 50.2 Å². The molecule has 5 nitrogen and oxygen atoms in total. The van der Waals surface area contributed by atoms with Gasteiger partial charge in [-0.2, -0.15) is 0 Å². The van der Waals surface area contributed by atoms with Crippen molar-refractivity contribution < 1.29 is 4.79 Å². The zero-order valence-corrected chi connectivity index (χ0v) is 12.6. The molecule has 1 aromatic heterocycles. The average Bonchev–Trinajstić information content (AvgIpc) is 2.38. The van der Waals surface area contributed by atoms with Crippen molar-refractivity contribution in [3.63, 3.8) is 0 Å². The van der Waals surface area contributed by atoms with E-state index in [4.69, 9.17) is 0 Å². The molecule has 1 amide bonds. The summed E-state index contributed by atoms with van der Waals surface area (Å²) >= 11 is 0. The Labute approximate surface area is 120 Å². The SMILES string of the molecule is CCCC1(C(=O)Nc2nc(C)cc(C)n2)CCNCC1. The largest absolute Gasteiger partial charge is 0.317 e. The summed E-state index contributed by atoms with van der Waals surface area (Å²) in [7, 11) is 0. The number of aromatic nitrogens is 2.